The Morgan fingerprint density at radius 3 is 2.09 bits per heavy atom. The van der Waals surface area contributed by atoms with E-state index in [0.717, 1.165) is 0 Å². The number of nitrogens with zero attached hydrogens (tertiary/aromatic N) is 2. The summed E-state index contributed by atoms with van der Waals surface area (Å²) in [5.74, 6) is -0.437. The van der Waals surface area contributed by atoms with Crippen LogP contribution in [0.25, 0.3) is 0 Å². The van der Waals surface area contributed by atoms with Crippen molar-refractivity contribution in [1.29, 1.82) is 5.26 Å². The molecule has 0 aliphatic carbocycles. The number of nitriles is 1. The molecule has 0 N–H and O–H groups in total. The highest BCUT2D eigenvalue weighted by Crippen LogP contribution is 2.32. The molecule has 0 spiro atoms. The van der Waals surface area contributed by atoms with Crippen LogP contribution >= 0.6 is 0 Å². The zero-order valence-electron chi connectivity index (χ0n) is 12.8. The zero-order valence-corrected chi connectivity index (χ0v) is 12.8. The Balaban J connectivity index is 1.72. The minimum atomic E-state index is -0.437. The van der Waals surface area contributed by atoms with Gasteiger partial charge in [0.25, 0.3) is 0 Å². The maximum Gasteiger partial charge on any atom is 0.320 e. The fraction of sp³-hybridized carbons (Fsp3) is 0.263. The molecule has 4 nitrogen and oxygen atoms in total. The first-order chi connectivity index (χ1) is 11.3. The van der Waals surface area contributed by atoms with E-state index in [1.807, 2.05) is 42.5 Å². The minimum Gasteiger partial charge on any atom is -0.459 e. The lowest BCUT2D eigenvalue weighted by atomic mass is 9.94. The van der Waals surface area contributed by atoms with Gasteiger partial charge in [-0.1, -0.05) is 60.7 Å². The third-order valence-electron chi connectivity index (χ3n) is 3.99. The molecule has 0 amide bonds. The average molecular weight is 306 g/mol. The normalized spacial score (nSPS) is 15.0. The number of carbonyl (C=O) groups excluding carboxylic acids is 1. The number of carbonyl (C=O) groups is 1. The second-order valence-electron chi connectivity index (χ2n) is 5.62. The van der Waals surface area contributed by atoms with E-state index in [1.165, 1.54) is 11.1 Å². The number of benzene rings is 2. The van der Waals surface area contributed by atoms with Crippen LogP contribution < -0.4 is 0 Å². The van der Waals surface area contributed by atoms with Crippen molar-refractivity contribution in [3.05, 3.63) is 71.8 Å². The monoisotopic (exact) mass is 306 g/mol. The second kappa shape index (κ2) is 7.08. The molecular formula is C19H18N2O2. The lowest BCUT2D eigenvalue weighted by Gasteiger charge is -2.43. The fourth-order valence-corrected chi connectivity index (χ4v) is 2.93. The van der Waals surface area contributed by atoms with E-state index in [-0.39, 0.29) is 18.6 Å². The van der Waals surface area contributed by atoms with Gasteiger partial charge in [0, 0.05) is 13.1 Å². The van der Waals surface area contributed by atoms with E-state index in [2.05, 4.69) is 29.2 Å². The second-order valence-corrected chi connectivity index (χ2v) is 5.62. The van der Waals surface area contributed by atoms with Crippen LogP contribution in [-0.4, -0.2) is 30.1 Å². The first-order valence-corrected chi connectivity index (χ1v) is 7.68. The van der Waals surface area contributed by atoms with Gasteiger partial charge in [0.2, 0.25) is 0 Å². The van der Waals surface area contributed by atoms with Crippen LogP contribution in [-0.2, 0) is 9.53 Å². The highest BCUT2D eigenvalue weighted by Gasteiger charge is 2.36. The summed E-state index contributed by atoms with van der Waals surface area (Å²) in [7, 11) is 0. The first kappa shape index (κ1) is 15.3. The topological polar surface area (TPSA) is 53.3 Å². The largest absolute Gasteiger partial charge is 0.459 e. The molecule has 3 rings (SSSR count). The van der Waals surface area contributed by atoms with Crippen molar-refractivity contribution >= 4 is 5.97 Å². The Morgan fingerprint density at radius 2 is 1.61 bits per heavy atom. The Hall–Kier alpha value is -2.64. The molecule has 1 fully saturated rings. The summed E-state index contributed by atoms with van der Waals surface area (Å²) in [6.07, 6.45) is -0.303. The van der Waals surface area contributed by atoms with Gasteiger partial charge in [0.05, 0.1) is 12.1 Å². The van der Waals surface area contributed by atoms with Gasteiger partial charge in [0.15, 0.2) is 0 Å². The van der Waals surface area contributed by atoms with E-state index < -0.39 is 5.97 Å². The van der Waals surface area contributed by atoms with E-state index >= 15 is 0 Å². The number of ether oxygens (including phenoxy) is 1. The summed E-state index contributed by atoms with van der Waals surface area (Å²) in [5.41, 5.74) is 2.45. The van der Waals surface area contributed by atoms with E-state index in [4.69, 9.17) is 10.00 Å². The molecule has 4 heteroatoms. The lowest BCUT2D eigenvalue weighted by molar-refractivity contribution is -0.157. The van der Waals surface area contributed by atoms with Crippen molar-refractivity contribution in [1.82, 2.24) is 4.90 Å². The van der Waals surface area contributed by atoms with Crippen molar-refractivity contribution in [2.75, 3.05) is 13.1 Å². The molecule has 0 unspecified atom stereocenters. The first-order valence-electron chi connectivity index (χ1n) is 7.68. The predicted molar refractivity (Wildman–Crippen MR) is 86.4 cm³/mol. The van der Waals surface area contributed by atoms with Crippen LogP contribution in [0.15, 0.2) is 60.7 Å². The molecule has 2 aromatic rings. The summed E-state index contributed by atoms with van der Waals surface area (Å²) in [6.45, 7) is 1.37. The van der Waals surface area contributed by atoms with Crippen molar-refractivity contribution in [3.8, 4) is 6.07 Å². The molecule has 1 heterocycles. The molecule has 2 aromatic carbocycles. The third kappa shape index (κ3) is 3.58. The van der Waals surface area contributed by atoms with Gasteiger partial charge in [-0.05, 0) is 11.1 Å². The molecule has 1 aliphatic rings. The minimum absolute atomic E-state index is 0.120. The van der Waals surface area contributed by atoms with Gasteiger partial charge in [-0.3, -0.25) is 9.69 Å². The molecule has 1 saturated heterocycles. The maximum atomic E-state index is 11.4. The summed E-state index contributed by atoms with van der Waals surface area (Å²) in [5, 5.41) is 8.52. The Bertz CT molecular complexity index is 649. The van der Waals surface area contributed by atoms with Crippen molar-refractivity contribution in [2.45, 2.75) is 18.6 Å². The van der Waals surface area contributed by atoms with Gasteiger partial charge in [0.1, 0.15) is 12.5 Å². The van der Waals surface area contributed by atoms with E-state index in [1.54, 1.807) is 0 Å². The van der Waals surface area contributed by atoms with Crippen molar-refractivity contribution in [3.63, 3.8) is 0 Å². The van der Waals surface area contributed by atoms with Crippen LogP contribution in [0.5, 0.6) is 0 Å². The highest BCUT2D eigenvalue weighted by atomic mass is 16.5. The average Bonchev–Trinajstić information content (AvgIpc) is 2.55. The molecule has 1 aliphatic heterocycles. The standard InChI is InChI=1S/C19H18N2O2/c20-12-11-18(22)23-17-13-21(14-17)19(15-7-3-1-4-8-15)16-9-5-2-6-10-16/h1-10,17,19H,11,13-14H2. The van der Waals surface area contributed by atoms with Gasteiger partial charge >= 0.3 is 5.97 Å². The van der Waals surface area contributed by atoms with Crippen molar-refractivity contribution < 1.29 is 9.53 Å². The molecular weight excluding hydrogens is 288 g/mol. The molecule has 0 bridgehead atoms. The third-order valence-corrected chi connectivity index (χ3v) is 3.99. The summed E-state index contributed by atoms with van der Waals surface area (Å²) >= 11 is 0. The van der Waals surface area contributed by atoms with Gasteiger partial charge in [-0.25, -0.2) is 0 Å². The Labute approximate surface area is 135 Å². The summed E-state index contributed by atoms with van der Waals surface area (Å²) in [6, 6.07) is 22.6. The smallest absolute Gasteiger partial charge is 0.320 e. The summed E-state index contributed by atoms with van der Waals surface area (Å²) in [4.78, 5) is 13.7. The predicted octanol–water partition coefficient (Wildman–Crippen LogP) is 2.92. The maximum absolute atomic E-state index is 11.4. The summed E-state index contributed by atoms with van der Waals surface area (Å²) < 4.78 is 5.28. The number of rotatable bonds is 5. The highest BCUT2D eigenvalue weighted by molar-refractivity contribution is 5.72. The number of hydrogen-bond acceptors (Lipinski definition) is 4. The molecule has 0 saturated carbocycles. The lowest BCUT2D eigenvalue weighted by Crippen LogP contribution is -2.54. The van der Waals surface area contributed by atoms with Crippen LogP contribution in [0.2, 0.25) is 0 Å². The van der Waals surface area contributed by atoms with Crippen LogP contribution in [0.3, 0.4) is 0 Å². The molecule has 0 aromatic heterocycles. The zero-order chi connectivity index (χ0) is 16.1. The van der Waals surface area contributed by atoms with Gasteiger partial charge < -0.3 is 4.74 Å². The Morgan fingerprint density at radius 1 is 1.09 bits per heavy atom. The number of likely N-dealkylation sites (tertiary alicyclic amines) is 1. The van der Waals surface area contributed by atoms with Crippen LogP contribution in [0.1, 0.15) is 23.6 Å². The molecule has 116 valence electrons. The SMILES string of the molecule is N#CCC(=O)OC1CN(C(c2ccccc2)c2ccccc2)C1. The van der Waals surface area contributed by atoms with Crippen LogP contribution in [0.4, 0.5) is 0 Å². The number of esters is 1. The van der Waals surface area contributed by atoms with E-state index in [9.17, 15) is 4.79 Å². The fourth-order valence-electron chi connectivity index (χ4n) is 2.93. The Kier molecular flexibility index (Phi) is 4.70. The molecule has 23 heavy (non-hydrogen) atoms. The quantitative estimate of drug-likeness (QED) is 0.797. The molecule has 0 atom stereocenters. The number of hydrogen-bond donors (Lipinski definition) is 0. The van der Waals surface area contributed by atoms with Crippen LogP contribution in [0, 0.1) is 11.3 Å². The van der Waals surface area contributed by atoms with Crippen molar-refractivity contribution in [2.24, 2.45) is 0 Å². The van der Waals surface area contributed by atoms with E-state index in [0.29, 0.717) is 13.1 Å². The van der Waals surface area contributed by atoms with Gasteiger partial charge in [-0.2, -0.15) is 5.26 Å². The molecule has 0 radical (unpaired) electrons. The van der Waals surface area contributed by atoms with Gasteiger partial charge in [-0.15, -0.1) is 0 Å².